The summed E-state index contributed by atoms with van der Waals surface area (Å²) in [5.74, 6) is -0.0633. The van der Waals surface area contributed by atoms with Gasteiger partial charge in [0, 0.05) is 52.5 Å². The summed E-state index contributed by atoms with van der Waals surface area (Å²) in [6, 6.07) is 5.03. The summed E-state index contributed by atoms with van der Waals surface area (Å²) in [5.41, 5.74) is 1.37. The Labute approximate surface area is 168 Å². The van der Waals surface area contributed by atoms with Crippen molar-refractivity contribution < 1.29 is 13.2 Å². The molecule has 0 aromatic heterocycles. The van der Waals surface area contributed by atoms with Crippen molar-refractivity contribution in [1.29, 1.82) is 0 Å². The van der Waals surface area contributed by atoms with E-state index in [2.05, 4.69) is 16.8 Å². The lowest BCUT2D eigenvalue weighted by Gasteiger charge is -2.32. The van der Waals surface area contributed by atoms with Crippen LogP contribution in [0.15, 0.2) is 23.1 Å². The molecule has 2 aliphatic rings. The van der Waals surface area contributed by atoms with Crippen molar-refractivity contribution in [3.8, 4) is 0 Å². The van der Waals surface area contributed by atoms with E-state index < -0.39 is 10.0 Å². The molecule has 0 atom stereocenters. The Morgan fingerprint density at radius 1 is 0.929 bits per heavy atom. The molecule has 1 aromatic rings. The quantitative estimate of drug-likeness (QED) is 0.759. The van der Waals surface area contributed by atoms with Crippen LogP contribution in [0.3, 0.4) is 0 Å². The van der Waals surface area contributed by atoms with Crippen LogP contribution in [0.2, 0.25) is 0 Å². The van der Waals surface area contributed by atoms with Gasteiger partial charge in [-0.2, -0.15) is 0 Å². The number of benzene rings is 1. The fourth-order valence-electron chi connectivity index (χ4n) is 3.89. The molecule has 2 aliphatic heterocycles. The SMILES string of the molecule is CN1CCCN(C(=O)c2cc(S(=O)(=O)N(C)C)ccc2N2CCCCC2)CC1. The van der Waals surface area contributed by atoms with Crippen LogP contribution in [-0.2, 0) is 10.0 Å². The van der Waals surface area contributed by atoms with Crippen molar-refractivity contribution in [2.45, 2.75) is 30.6 Å². The minimum absolute atomic E-state index is 0.0633. The van der Waals surface area contributed by atoms with Gasteiger partial charge in [0.05, 0.1) is 10.5 Å². The predicted molar refractivity (Wildman–Crippen MR) is 111 cm³/mol. The maximum Gasteiger partial charge on any atom is 0.256 e. The molecule has 0 spiro atoms. The number of hydrogen-bond donors (Lipinski definition) is 0. The van der Waals surface area contributed by atoms with Crippen LogP contribution >= 0.6 is 0 Å². The first-order valence-electron chi connectivity index (χ1n) is 10.1. The van der Waals surface area contributed by atoms with Crippen LogP contribution in [0.5, 0.6) is 0 Å². The van der Waals surface area contributed by atoms with Crippen LogP contribution in [0.1, 0.15) is 36.0 Å². The molecule has 0 unspecified atom stereocenters. The van der Waals surface area contributed by atoms with Crippen LogP contribution in [0.4, 0.5) is 5.69 Å². The topological polar surface area (TPSA) is 64.2 Å². The highest BCUT2D eigenvalue weighted by Gasteiger charge is 2.27. The minimum Gasteiger partial charge on any atom is -0.371 e. The maximum atomic E-state index is 13.4. The zero-order chi connectivity index (χ0) is 20.3. The highest BCUT2D eigenvalue weighted by Crippen LogP contribution is 2.29. The van der Waals surface area contributed by atoms with Gasteiger partial charge < -0.3 is 14.7 Å². The zero-order valence-corrected chi connectivity index (χ0v) is 18.0. The number of hydrogen-bond acceptors (Lipinski definition) is 5. The summed E-state index contributed by atoms with van der Waals surface area (Å²) in [6.45, 7) is 4.98. The van der Waals surface area contributed by atoms with E-state index in [1.165, 1.54) is 24.8 Å². The number of likely N-dealkylation sites (N-methyl/N-ethyl adjacent to an activating group) is 1. The van der Waals surface area contributed by atoms with E-state index in [1.807, 2.05) is 11.0 Å². The molecule has 0 bridgehead atoms. The molecule has 0 saturated carbocycles. The van der Waals surface area contributed by atoms with Crippen LogP contribution in [-0.4, -0.2) is 88.8 Å². The summed E-state index contributed by atoms with van der Waals surface area (Å²) in [6.07, 6.45) is 4.32. The van der Waals surface area contributed by atoms with Gasteiger partial charge in [0.25, 0.3) is 5.91 Å². The summed E-state index contributed by atoms with van der Waals surface area (Å²) in [4.78, 5) is 19.9. The Morgan fingerprint density at radius 2 is 1.64 bits per heavy atom. The molecule has 7 nitrogen and oxygen atoms in total. The van der Waals surface area contributed by atoms with Crippen molar-refractivity contribution in [2.24, 2.45) is 0 Å². The second-order valence-electron chi connectivity index (χ2n) is 7.96. The Balaban J connectivity index is 2.00. The molecule has 3 rings (SSSR count). The lowest BCUT2D eigenvalue weighted by Crippen LogP contribution is -2.37. The summed E-state index contributed by atoms with van der Waals surface area (Å²) in [7, 11) is 1.50. The van der Waals surface area contributed by atoms with E-state index in [0.717, 1.165) is 51.1 Å². The standard InChI is InChI=1S/C20H32N4O3S/c1-21(2)28(26,27)17-8-9-19(23-11-5-4-6-12-23)18(16-17)20(25)24-13-7-10-22(3)14-15-24/h8-9,16H,4-7,10-15H2,1-3H3. The third-order valence-corrected chi connectivity index (χ3v) is 7.49. The molecular formula is C20H32N4O3S. The average Bonchev–Trinajstić information content (AvgIpc) is 2.92. The van der Waals surface area contributed by atoms with E-state index in [4.69, 9.17) is 0 Å². The van der Waals surface area contributed by atoms with Crippen molar-refractivity contribution in [1.82, 2.24) is 14.1 Å². The lowest BCUT2D eigenvalue weighted by atomic mass is 10.1. The molecule has 156 valence electrons. The molecule has 28 heavy (non-hydrogen) atoms. The number of carbonyl (C=O) groups is 1. The molecule has 1 aromatic carbocycles. The number of sulfonamides is 1. The molecule has 2 heterocycles. The van der Waals surface area contributed by atoms with Crippen molar-refractivity contribution >= 4 is 21.6 Å². The van der Waals surface area contributed by atoms with Gasteiger partial charge in [0.15, 0.2) is 0 Å². The second-order valence-corrected chi connectivity index (χ2v) is 10.1. The van der Waals surface area contributed by atoms with Crippen LogP contribution in [0.25, 0.3) is 0 Å². The van der Waals surface area contributed by atoms with Gasteiger partial charge in [-0.25, -0.2) is 12.7 Å². The number of carbonyl (C=O) groups excluding carboxylic acids is 1. The van der Waals surface area contributed by atoms with Crippen molar-refractivity contribution in [3.63, 3.8) is 0 Å². The molecule has 8 heteroatoms. The number of rotatable bonds is 4. The summed E-state index contributed by atoms with van der Waals surface area (Å²) >= 11 is 0. The third kappa shape index (κ3) is 4.50. The minimum atomic E-state index is -3.59. The van der Waals surface area contributed by atoms with Crippen LogP contribution < -0.4 is 4.90 Å². The van der Waals surface area contributed by atoms with Crippen LogP contribution in [0, 0.1) is 0 Å². The molecule has 2 fully saturated rings. The summed E-state index contributed by atoms with van der Waals surface area (Å²) < 4.78 is 26.5. The third-order valence-electron chi connectivity index (χ3n) is 5.68. The van der Waals surface area contributed by atoms with Gasteiger partial charge in [-0.1, -0.05) is 0 Å². The fraction of sp³-hybridized carbons (Fsp3) is 0.650. The van der Waals surface area contributed by atoms with Gasteiger partial charge in [0.2, 0.25) is 10.0 Å². The Morgan fingerprint density at radius 3 is 2.32 bits per heavy atom. The van der Waals surface area contributed by atoms with Crippen molar-refractivity contribution in [2.75, 3.05) is 65.3 Å². The Hall–Kier alpha value is -1.64. The van der Waals surface area contributed by atoms with E-state index in [9.17, 15) is 13.2 Å². The zero-order valence-electron chi connectivity index (χ0n) is 17.2. The first-order valence-corrected chi connectivity index (χ1v) is 11.5. The molecule has 0 aliphatic carbocycles. The number of amides is 1. The highest BCUT2D eigenvalue weighted by atomic mass is 32.2. The van der Waals surface area contributed by atoms with E-state index >= 15 is 0 Å². The monoisotopic (exact) mass is 408 g/mol. The molecular weight excluding hydrogens is 376 g/mol. The van der Waals surface area contributed by atoms with Gasteiger partial charge in [-0.3, -0.25) is 4.79 Å². The van der Waals surface area contributed by atoms with Gasteiger partial charge in [-0.15, -0.1) is 0 Å². The second kappa shape index (κ2) is 8.80. The van der Waals surface area contributed by atoms with E-state index in [-0.39, 0.29) is 10.8 Å². The highest BCUT2D eigenvalue weighted by molar-refractivity contribution is 7.89. The maximum absolute atomic E-state index is 13.4. The molecule has 1 amide bonds. The first-order chi connectivity index (χ1) is 13.3. The average molecular weight is 409 g/mol. The molecule has 2 saturated heterocycles. The summed E-state index contributed by atoms with van der Waals surface area (Å²) in [5, 5.41) is 0. The van der Waals surface area contributed by atoms with Gasteiger partial charge >= 0.3 is 0 Å². The number of piperidine rings is 1. The number of anilines is 1. The fourth-order valence-corrected chi connectivity index (χ4v) is 4.82. The Bertz CT molecular complexity index is 804. The van der Waals surface area contributed by atoms with Gasteiger partial charge in [0.1, 0.15) is 0 Å². The predicted octanol–water partition coefficient (Wildman–Crippen LogP) is 1.70. The molecule has 0 N–H and O–H groups in total. The lowest BCUT2D eigenvalue weighted by molar-refractivity contribution is 0.0763. The Kier molecular flexibility index (Phi) is 6.62. The van der Waals surface area contributed by atoms with E-state index in [1.54, 1.807) is 12.1 Å². The smallest absolute Gasteiger partial charge is 0.256 e. The van der Waals surface area contributed by atoms with Gasteiger partial charge in [-0.05, 0) is 57.5 Å². The van der Waals surface area contributed by atoms with Crippen molar-refractivity contribution in [3.05, 3.63) is 23.8 Å². The largest absolute Gasteiger partial charge is 0.371 e. The molecule has 0 radical (unpaired) electrons. The normalized spacial score (nSPS) is 19.7. The number of nitrogens with zero attached hydrogens (tertiary/aromatic N) is 4. The van der Waals surface area contributed by atoms with E-state index in [0.29, 0.717) is 18.7 Å². The first kappa shape index (κ1) is 21.1.